The summed E-state index contributed by atoms with van der Waals surface area (Å²) in [4.78, 5) is 26.7. The first kappa shape index (κ1) is 17.9. The largest absolute Gasteiger partial charge is 0.441 e. The van der Waals surface area contributed by atoms with E-state index in [1.807, 2.05) is 25.1 Å². The number of primary amides is 1. The van der Waals surface area contributed by atoms with E-state index in [0.29, 0.717) is 18.9 Å². The maximum absolute atomic E-state index is 11.6. The zero-order valence-electron chi connectivity index (χ0n) is 12.2. The molecule has 120 valence electrons. The molecule has 1 atom stereocenters. The topological polar surface area (TPSA) is 124 Å². The molecule has 0 aliphatic carbocycles. The number of nitrogens with one attached hydrogen (secondary N) is 1. The standard InChI is InChI=1S/C14H18N4O3.ClH/c1-8-3-2-4-10-13(8)18-12(21-10)5-6-17-14(20)9(15)7-11(16)19;/h2-4,9H,5-7,15H2,1H3,(H2,16,19)(H,17,20);1H. The molecule has 22 heavy (non-hydrogen) atoms. The molecule has 1 heterocycles. The van der Waals surface area contributed by atoms with Crippen molar-refractivity contribution >= 4 is 35.3 Å². The SMILES string of the molecule is Cc1cccc2oc(CCNC(=O)C(N)CC(N)=O)nc12.Cl. The molecule has 0 spiro atoms. The summed E-state index contributed by atoms with van der Waals surface area (Å²) < 4.78 is 5.59. The lowest BCUT2D eigenvalue weighted by Gasteiger charge is -2.09. The van der Waals surface area contributed by atoms with E-state index in [1.165, 1.54) is 0 Å². The fourth-order valence-corrected chi connectivity index (χ4v) is 1.97. The van der Waals surface area contributed by atoms with E-state index < -0.39 is 17.9 Å². The lowest BCUT2D eigenvalue weighted by atomic mass is 10.2. The van der Waals surface area contributed by atoms with Crippen molar-refractivity contribution in [2.75, 3.05) is 6.54 Å². The number of aromatic nitrogens is 1. The molecule has 2 aromatic rings. The van der Waals surface area contributed by atoms with E-state index in [9.17, 15) is 9.59 Å². The van der Waals surface area contributed by atoms with Crippen molar-refractivity contribution in [3.05, 3.63) is 29.7 Å². The molecule has 1 aromatic carbocycles. The number of benzene rings is 1. The Morgan fingerprint density at radius 1 is 1.41 bits per heavy atom. The maximum atomic E-state index is 11.6. The zero-order valence-corrected chi connectivity index (χ0v) is 13.0. The van der Waals surface area contributed by atoms with Crippen LogP contribution in [-0.2, 0) is 16.0 Å². The lowest BCUT2D eigenvalue weighted by molar-refractivity contribution is -0.126. The maximum Gasteiger partial charge on any atom is 0.237 e. The van der Waals surface area contributed by atoms with Crippen LogP contribution in [0.4, 0.5) is 0 Å². The molecule has 0 saturated heterocycles. The first-order valence-electron chi connectivity index (χ1n) is 6.64. The number of hydrogen-bond acceptors (Lipinski definition) is 5. The van der Waals surface area contributed by atoms with Crippen molar-refractivity contribution in [2.24, 2.45) is 11.5 Å². The van der Waals surface area contributed by atoms with Crippen LogP contribution in [-0.4, -0.2) is 29.4 Å². The number of nitrogens with two attached hydrogens (primary N) is 2. The third-order valence-electron chi connectivity index (χ3n) is 3.06. The second kappa shape index (κ2) is 7.77. The van der Waals surface area contributed by atoms with Crippen LogP contribution >= 0.6 is 12.4 Å². The Morgan fingerprint density at radius 3 is 2.77 bits per heavy atom. The molecular formula is C14H19ClN4O3. The minimum Gasteiger partial charge on any atom is -0.441 e. The monoisotopic (exact) mass is 326 g/mol. The minimum absolute atomic E-state index is 0. The van der Waals surface area contributed by atoms with Gasteiger partial charge < -0.3 is 21.2 Å². The van der Waals surface area contributed by atoms with Crippen LogP contribution < -0.4 is 16.8 Å². The molecule has 0 fully saturated rings. The van der Waals surface area contributed by atoms with Crippen LogP contribution in [0, 0.1) is 6.92 Å². The highest BCUT2D eigenvalue weighted by molar-refractivity contribution is 5.87. The van der Waals surface area contributed by atoms with Crippen molar-refractivity contribution in [1.29, 1.82) is 0 Å². The van der Waals surface area contributed by atoms with Gasteiger partial charge in [0.25, 0.3) is 0 Å². The van der Waals surface area contributed by atoms with Gasteiger partial charge in [-0.3, -0.25) is 9.59 Å². The van der Waals surface area contributed by atoms with Crippen LogP contribution in [0.15, 0.2) is 22.6 Å². The molecular weight excluding hydrogens is 308 g/mol. The van der Waals surface area contributed by atoms with Crippen LogP contribution in [0.1, 0.15) is 17.9 Å². The Balaban J connectivity index is 0.00000242. The van der Waals surface area contributed by atoms with Gasteiger partial charge in [0.05, 0.1) is 12.5 Å². The number of nitrogens with zero attached hydrogens (tertiary/aromatic N) is 1. The molecule has 1 aromatic heterocycles. The van der Waals surface area contributed by atoms with Crippen LogP contribution in [0.5, 0.6) is 0 Å². The first-order valence-corrected chi connectivity index (χ1v) is 6.64. The number of carbonyl (C=O) groups is 2. The van der Waals surface area contributed by atoms with Crippen molar-refractivity contribution in [1.82, 2.24) is 10.3 Å². The summed E-state index contributed by atoms with van der Waals surface area (Å²) in [6.45, 7) is 2.29. The van der Waals surface area contributed by atoms with E-state index in [2.05, 4.69) is 10.3 Å². The van der Waals surface area contributed by atoms with Gasteiger partial charge in [-0.1, -0.05) is 12.1 Å². The molecule has 2 rings (SSSR count). The average molecular weight is 327 g/mol. The fourth-order valence-electron chi connectivity index (χ4n) is 1.97. The van der Waals surface area contributed by atoms with E-state index in [0.717, 1.165) is 16.7 Å². The molecule has 7 nitrogen and oxygen atoms in total. The highest BCUT2D eigenvalue weighted by Gasteiger charge is 2.15. The number of aryl methyl sites for hydroxylation is 1. The predicted octanol–water partition coefficient (Wildman–Crippen LogP) is 0.419. The van der Waals surface area contributed by atoms with E-state index in [4.69, 9.17) is 15.9 Å². The first-order chi connectivity index (χ1) is 9.97. The van der Waals surface area contributed by atoms with E-state index in [-0.39, 0.29) is 18.8 Å². The van der Waals surface area contributed by atoms with Crippen LogP contribution in [0.25, 0.3) is 11.1 Å². The van der Waals surface area contributed by atoms with E-state index >= 15 is 0 Å². The second-order valence-corrected chi connectivity index (χ2v) is 4.85. The quantitative estimate of drug-likeness (QED) is 0.709. The lowest BCUT2D eigenvalue weighted by Crippen LogP contribution is -2.43. The molecule has 8 heteroatoms. The molecule has 0 saturated carbocycles. The van der Waals surface area contributed by atoms with Gasteiger partial charge in [0, 0.05) is 13.0 Å². The summed E-state index contributed by atoms with van der Waals surface area (Å²) in [7, 11) is 0. The molecule has 1 unspecified atom stereocenters. The summed E-state index contributed by atoms with van der Waals surface area (Å²) >= 11 is 0. The number of hydrogen-bond donors (Lipinski definition) is 3. The summed E-state index contributed by atoms with van der Waals surface area (Å²) in [5, 5.41) is 2.62. The van der Waals surface area contributed by atoms with Crippen LogP contribution in [0.2, 0.25) is 0 Å². The Labute approximate surface area is 133 Å². The molecule has 0 aliphatic rings. The molecule has 2 amide bonds. The van der Waals surface area contributed by atoms with Gasteiger partial charge in [-0.05, 0) is 18.6 Å². The van der Waals surface area contributed by atoms with Gasteiger partial charge in [-0.25, -0.2) is 4.98 Å². The summed E-state index contributed by atoms with van der Waals surface area (Å²) in [5.41, 5.74) is 13.1. The van der Waals surface area contributed by atoms with Crippen molar-refractivity contribution in [3.8, 4) is 0 Å². The fraction of sp³-hybridized carbons (Fsp3) is 0.357. The zero-order chi connectivity index (χ0) is 15.4. The Hall–Kier alpha value is -2.12. The highest BCUT2D eigenvalue weighted by Crippen LogP contribution is 2.18. The minimum atomic E-state index is -0.923. The average Bonchev–Trinajstić information content (AvgIpc) is 2.82. The Bertz CT molecular complexity index is 671. The number of fused-ring (bicyclic) bond motifs is 1. The van der Waals surface area contributed by atoms with Gasteiger partial charge >= 0.3 is 0 Å². The van der Waals surface area contributed by atoms with Gasteiger partial charge in [0.2, 0.25) is 11.8 Å². The van der Waals surface area contributed by atoms with Gasteiger partial charge in [0.15, 0.2) is 11.5 Å². The van der Waals surface area contributed by atoms with Crippen molar-refractivity contribution < 1.29 is 14.0 Å². The third-order valence-corrected chi connectivity index (χ3v) is 3.06. The van der Waals surface area contributed by atoms with Gasteiger partial charge in [-0.15, -0.1) is 12.4 Å². The molecule has 0 aliphatic heterocycles. The number of para-hydroxylation sites is 1. The van der Waals surface area contributed by atoms with E-state index in [1.54, 1.807) is 0 Å². The molecule has 5 N–H and O–H groups in total. The molecule has 0 bridgehead atoms. The highest BCUT2D eigenvalue weighted by atomic mass is 35.5. The summed E-state index contributed by atoms with van der Waals surface area (Å²) in [6, 6.07) is 4.78. The number of halogens is 1. The number of oxazole rings is 1. The smallest absolute Gasteiger partial charge is 0.237 e. The van der Waals surface area contributed by atoms with Crippen LogP contribution in [0.3, 0.4) is 0 Å². The Morgan fingerprint density at radius 2 is 2.14 bits per heavy atom. The van der Waals surface area contributed by atoms with Crippen molar-refractivity contribution in [3.63, 3.8) is 0 Å². The number of rotatable bonds is 6. The van der Waals surface area contributed by atoms with Gasteiger partial charge in [0.1, 0.15) is 5.52 Å². The molecule has 0 radical (unpaired) electrons. The number of amides is 2. The Kier molecular flexibility index (Phi) is 6.33. The number of carbonyl (C=O) groups excluding carboxylic acids is 2. The van der Waals surface area contributed by atoms with Crippen molar-refractivity contribution in [2.45, 2.75) is 25.8 Å². The summed E-state index contributed by atoms with van der Waals surface area (Å²) in [6.07, 6.45) is 0.275. The normalized spacial score (nSPS) is 11.7. The van der Waals surface area contributed by atoms with Gasteiger partial charge in [-0.2, -0.15) is 0 Å². The summed E-state index contributed by atoms with van der Waals surface area (Å²) in [5.74, 6) is -0.476. The predicted molar refractivity (Wildman–Crippen MR) is 84.5 cm³/mol. The third kappa shape index (κ3) is 4.44. The second-order valence-electron chi connectivity index (χ2n) is 4.85.